The Morgan fingerprint density at radius 3 is 2.50 bits per heavy atom. The van der Waals surface area contributed by atoms with Gasteiger partial charge in [0, 0.05) is 17.8 Å². The topological polar surface area (TPSA) is 55.1 Å². The van der Waals surface area contributed by atoms with Crippen LogP contribution in [0, 0.1) is 6.92 Å². The number of carbonyl (C=O) groups is 1. The van der Waals surface area contributed by atoms with E-state index in [1.807, 2.05) is 55.5 Å². The van der Waals surface area contributed by atoms with Crippen LogP contribution in [0.2, 0.25) is 0 Å². The molecule has 0 aliphatic rings. The van der Waals surface area contributed by atoms with E-state index in [9.17, 15) is 4.79 Å². The molecule has 0 saturated heterocycles. The molecule has 0 fully saturated rings. The number of hydrogen-bond donors (Lipinski definition) is 2. The Bertz CT molecular complexity index is 564. The lowest BCUT2D eigenvalue weighted by molar-refractivity contribution is 0.102. The maximum Gasteiger partial charge on any atom is 0.255 e. The fourth-order valence-electron chi connectivity index (χ4n) is 1.84. The number of amides is 1. The fraction of sp³-hybridized carbons (Fsp3) is 0.133. The van der Waals surface area contributed by atoms with Crippen molar-refractivity contribution >= 4 is 11.6 Å². The predicted molar refractivity (Wildman–Crippen MR) is 73.5 cm³/mol. The van der Waals surface area contributed by atoms with Crippen LogP contribution in [0.1, 0.15) is 21.5 Å². The van der Waals surface area contributed by atoms with Crippen molar-refractivity contribution in [2.45, 2.75) is 13.5 Å². The average molecular weight is 240 g/mol. The highest BCUT2D eigenvalue weighted by molar-refractivity contribution is 6.05. The van der Waals surface area contributed by atoms with Crippen molar-refractivity contribution in [2.75, 3.05) is 5.32 Å². The van der Waals surface area contributed by atoms with Crippen LogP contribution < -0.4 is 11.1 Å². The molecule has 3 heteroatoms. The Hall–Kier alpha value is -2.13. The van der Waals surface area contributed by atoms with Gasteiger partial charge in [0.1, 0.15) is 0 Å². The van der Waals surface area contributed by atoms with Crippen LogP contribution in [-0.4, -0.2) is 5.91 Å². The number of nitrogens with two attached hydrogens (primary N) is 1. The molecule has 2 rings (SSSR count). The largest absolute Gasteiger partial charge is 0.326 e. The van der Waals surface area contributed by atoms with Gasteiger partial charge in [0.25, 0.3) is 5.91 Å². The number of hydrogen-bond acceptors (Lipinski definition) is 2. The molecule has 0 unspecified atom stereocenters. The van der Waals surface area contributed by atoms with E-state index in [1.165, 1.54) is 0 Å². The van der Waals surface area contributed by atoms with Gasteiger partial charge in [-0.1, -0.05) is 36.4 Å². The first kappa shape index (κ1) is 12.3. The van der Waals surface area contributed by atoms with E-state index >= 15 is 0 Å². The molecule has 0 radical (unpaired) electrons. The summed E-state index contributed by atoms with van der Waals surface area (Å²) in [6.45, 7) is 2.33. The normalized spacial score (nSPS) is 10.1. The van der Waals surface area contributed by atoms with Crippen molar-refractivity contribution in [3.8, 4) is 0 Å². The van der Waals surface area contributed by atoms with Gasteiger partial charge in [-0.2, -0.15) is 0 Å². The molecule has 0 spiro atoms. The molecule has 0 aromatic heterocycles. The van der Waals surface area contributed by atoms with Crippen LogP contribution in [0.4, 0.5) is 5.69 Å². The summed E-state index contributed by atoms with van der Waals surface area (Å²) in [7, 11) is 0. The number of carbonyl (C=O) groups excluding carboxylic acids is 1. The number of anilines is 1. The molecular weight excluding hydrogens is 224 g/mol. The third kappa shape index (κ3) is 2.57. The zero-order valence-corrected chi connectivity index (χ0v) is 10.3. The molecule has 18 heavy (non-hydrogen) atoms. The molecule has 1 amide bonds. The second-order valence-corrected chi connectivity index (χ2v) is 4.13. The lowest BCUT2D eigenvalue weighted by Gasteiger charge is -2.10. The quantitative estimate of drug-likeness (QED) is 0.866. The Labute approximate surface area is 107 Å². The van der Waals surface area contributed by atoms with Crippen molar-refractivity contribution in [3.63, 3.8) is 0 Å². The highest BCUT2D eigenvalue weighted by Crippen LogP contribution is 2.16. The van der Waals surface area contributed by atoms with Crippen LogP contribution in [0.15, 0.2) is 48.5 Å². The number of aryl methyl sites for hydroxylation is 1. The van der Waals surface area contributed by atoms with Gasteiger partial charge < -0.3 is 11.1 Å². The lowest BCUT2D eigenvalue weighted by Crippen LogP contribution is -2.15. The molecule has 0 heterocycles. The molecule has 92 valence electrons. The van der Waals surface area contributed by atoms with Gasteiger partial charge in [0.2, 0.25) is 0 Å². The zero-order valence-electron chi connectivity index (χ0n) is 10.3. The van der Waals surface area contributed by atoms with E-state index in [0.717, 1.165) is 16.8 Å². The van der Waals surface area contributed by atoms with Crippen LogP contribution in [-0.2, 0) is 6.54 Å². The van der Waals surface area contributed by atoms with Gasteiger partial charge >= 0.3 is 0 Å². The first-order valence-electron chi connectivity index (χ1n) is 5.87. The maximum absolute atomic E-state index is 12.2. The van der Waals surface area contributed by atoms with E-state index in [1.54, 1.807) is 0 Å². The Kier molecular flexibility index (Phi) is 3.75. The number of nitrogens with one attached hydrogen (secondary N) is 1. The van der Waals surface area contributed by atoms with E-state index in [0.29, 0.717) is 12.1 Å². The molecule has 0 atom stereocenters. The molecule has 0 aliphatic heterocycles. The van der Waals surface area contributed by atoms with Crippen molar-refractivity contribution in [3.05, 3.63) is 65.2 Å². The highest BCUT2D eigenvalue weighted by atomic mass is 16.1. The summed E-state index contributed by atoms with van der Waals surface area (Å²) in [5, 5.41) is 2.90. The summed E-state index contributed by atoms with van der Waals surface area (Å²) in [5.74, 6) is -0.103. The average Bonchev–Trinajstić information content (AvgIpc) is 2.39. The Morgan fingerprint density at radius 2 is 1.78 bits per heavy atom. The number of para-hydroxylation sites is 1. The Morgan fingerprint density at radius 1 is 1.11 bits per heavy atom. The summed E-state index contributed by atoms with van der Waals surface area (Å²) in [6, 6.07) is 15.1. The van der Waals surface area contributed by atoms with Gasteiger partial charge in [-0.05, 0) is 30.2 Å². The first-order chi connectivity index (χ1) is 8.72. The van der Waals surface area contributed by atoms with Crippen LogP contribution in [0.3, 0.4) is 0 Å². The summed E-state index contributed by atoms with van der Waals surface area (Å²) in [6.07, 6.45) is 0. The molecule has 3 nitrogen and oxygen atoms in total. The zero-order chi connectivity index (χ0) is 13.0. The third-order valence-electron chi connectivity index (χ3n) is 2.88. The van der Waals surface area contributed by atoms with E-state index in [2.05, 4.69) is 5.32 Å². The van der Waals surface area contributed by atoms with E-state index in [-0.39, 0.29) is 5.91 Å². The van der Waals surface area contributed by atoms with Crippen molar-refractivity contribution in [1.82, 2.24) is 0 Å². The molecule has 3 N–H and O–H groups in total. The van der Waals surface area contributed by atoms with Gasteiger partial charge in [-0.3, -0.25) is 4.79 Å². The maximum atomic E-state index is 12.2. The van der Waals surface area contributed by atoms with Crippen molar-refractivity contribution in [2.24, 2.45) is 5.73 Å². The number of rotatable bonds is 3. The lowest BCUT2D eigenvalue weighted by atomic mass is 10.1. The minimum Gasteiger partial charge on any atom is -0.326 e. The minimum absolute atomic E-state index is 0.103. The molecule has 0 bridgehead atoms. The van der Waals surface area contributed by atoms with Crippen molar-refractivity contribution in [1.29, 1.82) is 0 Å². The third-order valence-corrected chi connectivity index (χ3v) is 2.88. The smallest absolute Gasteiger partial charge is 0.255 e. The van der Waals surface area contributed by atoms with E-state index < -0.39 is 0 Å². The summed E-state index contributed by atoms with van der Waals surface area (Å²) >= 11 is 0. The monoisotopic (exact) mass is 240 g/mol. The molecule has 0 aliphatic carbocycles. The van der Waals surface area contributed by atoms with Crippen LogP contribution in [0.25, 0.3) is 0 Å². The summed E-state index contributed by atoms with van der Waals surface area (Å²) in [4.78, 5) is 12.2. The minimum atomic E-state index is -0.103. The summed E-state index contributed by atoms with van der Waals surface area (Å²) in [5.41, 5.74) is 8.99. The second-order valence-electron chi connectivity index (χ2n) is 4.13. The highest BCUT2D eigenvalue weighted by Gasteiger charge is 2.09. The molecule has 0 saturated carbocycles. The first-order valence-corrected chi connectivity index (χ1v) is 5.87. The van der Waals surface area contributed by atoms with Crippen LogP contribution in [0.5, 0.6) is 0 Å². The van der Waals surface area contributed by atoms with E-state index in [4.69, 9.17) is 5.73 Å². The molecule has 2 aromatic rings. The Balaban J connectivity index is 2.24. The fourth-order valence-corrected chi connectivity index (χ4v) is 1.84. The second kappa shape index (κ2) is 5.47. The predicted octanol–water partition coefficient (Wildman–Crippen LogP) is 2.71. The SMILES string of the molecule is Cc1ccccc1C(=O)Nc1ccccc1CN. The molecular formula is C15H16N2O. The number of benzene rings is 2. The molecule has 2 aromatic carbocycles. The van der Waals surface area contributed by atoms with Gasteiger partial charge in [0.05, 0.1) is 0 Å². The van der Waals surface area contributed by atoms with Gasteiger partial charge in [0.15, 0.2) is 0 Å². The summed E-state index contributed by atoms with van der Waals surface area (Å²) < 4.78 is 0. The van der Waals surface area contributed by atoms with Crippen LogP contribution >= 0.6 is 0 Å². The van der Waals surface area contributed by atoms with Gasteiger partial charge in [-0.15, -0.1) is 0 Å². The van der Waals surface area contributed by atoms with Crippen molar-refractivity contribution < 1.29 is 4.79 Å². The standard InChI is InChI=1S/C15H16N2O/c1-11-6-2-4-8-13(11)15(18)17-14-9-5-3-7-12(14)10-16/h2-9H,10,16H2,1H3,(H,17,18). The van der Waals surface area contributed by atoms with Gasteiger partial charge in [-0.25, -0.2) is 0 Å².